The molecule has 1 atom stereocenters. The normalized spacial score (nSPS) is 17.8. The molecule has 17 heavy (non-hydrogen) atoms. The summed E-state index contributed by atoms with van der Waals surface area (Å²) in [6, 6.07) is 6.60. The van der Waals surface area contributed by atoms with Gasteiger partial charge in [0.25, 0.3) is 0 Å². The number of nitrogens with zero attached hydrogens (tertiary/aromatic N) is 1. The van der Waals surface area contributed by atoms with Crippen molar-refractivity contribution in [2.75, 3.05) is 18.0 Å². The molecule has 0 spiro atoms. The highest BCUT2D eigenvalue weighted by Gasteiger charge is 2.21. The second-order valence-electron chi connectivity index (χ2n) is 4.42. The van der Waals surface area contributed by atoms with Gasteiger partial charge in [-0.2, -0.15) is 0 Å². The fourth-order valence-corrected chi connectivity index (χ4v) is 2.31. The van der Waals surface area contributed by atoms with Crippen molar-refractivity contribution < 1.29 is 9.90 Å². The second kappa shape index (κ2) is 5.19. The van der Waals surface area contributed by atoms with Gasteiger partial charge in [-0.25, -0.2) is 0 Å². The number of hydrogen-bond donors (Lipinski definition) is 2. The molecule has 1 saturated heterocycles. The van der Waals surface area contributed by atoms with E-state index in [1.54, 1.807) is 0 Å². The predicted molar refractivity (Wildman–Crippen MR) is 67.1 cm³/mol. The van der Waals surface area contributed by atoms with Crippen LogP contribution in [0.1, 0.15) is 30.9 Å². The van der Waals surface area contributed by atoms with Gasteiger partial charge in [-0.15, -0.1) is 0 Å². The lowest BCUT2D eigenvalue weighted by Crippen LogP contribution is -2.32. The summed E-state index contributed by atoms with van der Waals surface area (Å²) < 4.78 is 0. The van der Waals surface area contributed by atoms with E-state index in [4.69, 9.17) is 10.8 Å². The summed E-state index contributed by atoms with van der Waals surface area (Å²) >= 11 is 0. The summed E-state index contributed by atoms with van der Waals surface area (Å²) in [6.45, 7) is 1.98. The van der Waals surface area contributed by atoms with Gasteiger partial charge in [0.1, 0.15) is 6.04 Å². The Morgan fingerprint density at radius 2 is 1.88 bits per heavy atom. The summed E-state index contributed by atoms with van der Waals surface area (Å²) in [5.74, 6) is -0.977. The second-order valence-corrected chi connectivity index (χ2v) is 4.42. The Bertz CT molecular complexity index is 400. The molecule has 0 aliphatic carbocycles. The van der Waals surface area contributed by atoms with Crippen LogP contribution in [0.15, 0.2) is 24.3 Å². The Hall–Kier alpha value is -1.55. The first-order valence-corrected chi connectivity index (χ1v) is 6.02. The molecule has 1 fully saturated rings. The number of anilines is 1. The first-order valence-electron chi connectivity index (χ1n) is 6.02. The molecule has 0 amide bonds. The Balaban J connectivity index is 2.29. The van der Waals surface area contributed by atoms with E-state index in [1.165, 1.54) is 6.42 Å². The first kappa shape index (κ1) is 11.9. The first-order chi connectivity index (χ1) is 8.20. The summed E-state index contributed by atoms with van der Waals surface area (Å²) in [6.07, 6.45) is 3.58. The topological polar surface area (TPSA) is 66.6 Å². The number of carboxylic acids is 1. The van der Waals surface area contributed by atoms with Crippen LogP contribution >= 0.6 is 0 Å². The fourth-order valence-electron chi connectivity index (χ4n) is 2.31. The number of benzene rings is 1. The smallest absolute Gasteiger partial charge is 0.325 e. The van der Waals surface area contributed by atoms with Crippen LogP contribution in [0.5, 0.6) is 0 Å². The highest BCUT2D eigenvalue weighted by atomic mass is 16.4. The number of aliphatic carboxylic acids is 1. The molecule has 3 N–H and O–H groups in total. The third kappa shape index (κ3) is 2.58. The molecule has 1 aromatic rings. The molecule has 4 nitrogen and oxygen atoms in total. The third-order valence-electron chi connectivity index (χ3n) is 3.23. The quantitative estimate of drug-likeness (QED) is 0.836. The number of nitrogens with two attached hydrogens (primary N) is 1. The minimum atomic E-state index is -0.977. The highest BCUT2D eigenvalue weighted by Crippen LogP contribution is 2.27. The molecule has 92 valence electrons. The van der Waals surface area contributed by atoms with Crippen LogP contribution in [0, 0.1) is 0 Å². The van der Waals surface area contributed by atoms with Crippen molar-refractivity contribution in [3.05, 3.63) is 29.8 Å². The van der Waals surface area contributed by atoms with E-state index in [1.807, 2.05) is 24.3 Å². The number of carboxylic acid groups (broad SMARTS) is 1. The van der Waals surface area contributed by atoms with Gasteiger partial charge >= 0.3 is 5.97 Å². The number of piperidine rings is 1. The number of para-hydroxylation sites is 1. The minimum Gasteiger partial charge on any atom is -0.480 e. The molecule has 0 aromatic heterocycles. The van der Waals surface area contributed by atoms with Crippen LogP contribution in [-0.2, 0) is 4.79 Å². The molecule has 1 aliphatic heterocycles. The zero-order valence-electron chi connectivity index (χ0n) is 9.80. The van der Waals surface area contributed by atoms with E-state index in [0.717, 1.165) is 31.6 Å². The van der Waals surface area contributed by atoms with Gasteiger partial charge in [-0.3, -0.25) is 4.79 Å². The molecule has 0 radical (unpaired) electrons. The van der Waals surface area contributed by atoms with Crippen molar-refractivity contribution in [2.45, 2.75) is 25.3 Å². The van der Waals surface area contributed by atoms with Crippen molar-refractivity contribution in [3.63, 3.8) is 0 Å². The zero-order chi connectivity index (χ0) is 12.3. The van der Waals surface area contributed by atoms with E-state index in [9.17, 15) is 4.79 Å². The molecule has 0 saturated carbocycles. The molecule has 1 aromatic carbocycles. The predicted octanol–water partition coefficient (Wildman–Crippen LogP) is 1.76. The van der Waals surface area contributed by atoms with Gasteiger partial charge in [0.15, 0.2) is 0 Å². The van der Waals surface area contributed by atoms with Crippen LogP contribution < -0.4 is 10.6 Å². The minimum absolute atomic E-state index is 0.710. The summed E-state index contributed by atoms with van der Waals surface area (Å²) in [4.78, 5) is 13.2. The van der Waals surface area contributed by atoms with Crippen molar-refractivity contribution >= 4 is 11.7 Å². The van der Waals surface area contributed by atoms with Crippen molar-refractivity contribution in [3.8, 4) is 0 Å². The standard InChI is InChI=1S/C13H18N2O2/c14-12(13(16)17)10-6-2-3-7-11(10)15-8-4-1-5-9-15/h2-3,6-7,12H,1,4-5,8-9,14H2,(H,16,17)/t12-/m0/s1. The Morgan fingerprint density at radius 1 is 1.24 bits per heavy atom. The average molecular weight is 234 g/mol. The maximum Gasteiger partial charge on any atom is 0.325 e. The largest absolute Gasteiger partial charge is 0.480 e. The lowest BCUT2D eigenvalue weighted by atomic mass is 10.0. The Morgan fingerprint density at radius 3 is 2.53 bits per heavy atom. The van der Waals surface area contributed by atoms with Gasteiger partial charge in [0.05, 0.1) is 0 Å². The van der Waals surface area contributed by atoms with Gasteiger partial charge in [-0.1, -0.05) is 18.2 Å². The molecule has 1 aliphatic rings. The van der Waals surface area contributed by atoms with Crippen molar-refractivity contribution in [2.24, 2.45) is 5.73 Å². The van der Waals surface area contributed by atoms with E-state index in [2.05, 4.69) is 4.90 Å². The number of hydrogen-bond acceptors (Lipinski definition) is 3. The lowest BCUT2D eigenvalue weighted by Gasteiger charge is -2.31. The summed E-state index contributed by atoms with van der Waals surface area (Å²) in [5.41, 5.74) is 7.40. The number of rotatable bonds is 3. The molecule has 4 heteroatoms. The summed E-state index contributed by atoms with van der Waals surface area (Å²) in [7, 11) is 0. The Kier molecular flexibility index (Phi) is 3.64. The fraction of sp³-hybridized carbons (Fsp3) is 0.462. The van der Waals surface area contributed by atoms with Gasteiger partial charge in [0.2, 0.25) is 0 Å². The number of carbonyl (C=O) groups is 1. The highest BCUT2D eigenvalue weighted by molar-refractivity contribution is 5.78. The molecule has 2 rings (SSSR count). The Labute approximate surface area is 101 Å². The maximum absolute atomic E-state index is 11.0. The zero-order valence-corrected chi connectivity index (χ0v) is 9.80. The average Bonchev–Trinajstić information content (AvgIpc) is 2.39. The molecule has 0 unspecified atom stereocenters. The van der Waals surface area contributed by atoms with Crippen LogP contribution in [0.2, 0.25) is 0 Å². The SMILES string of the molecule is N[C@H](C(=O)O)c1ccccc1N1CCCCC1. The van der Waals surface area contributed by atoms with Crippen molar-refractivity contribution in [1.29, 1.82) is 0 Å². The van der Waals surface area contributed by atoms with Crippen molar-refractivity contribution in [1.82, 2.24) is 0 Å². The van der Waals surface area contributed by atoms with Crippen LogP contribution in [0.3, 0.4) is 0 Å². The third-order valence-corrected chi connectivity index (χ3v) is 3.23. The van der Waals surface area contributed by atoms with Crippen LogP contribution in [0.4, 0.5) is 5.69 Å². The molecular weight excluding hydrogens is 216 g/mol. The van der Waals surface area contributed by atoms with Gasteiger partial charge < -0.3 is 15.7 Å². The van der Waals surface area contributed by atoms with Crippen LogP contribution in [0.25, 0.3) is 0 Å². The lowest BCUT2D eigenvalue weighted by molar-refractivity contribution is -0.138. The maximum atomic E-state index is 11.0. The van der Waals surface area contributed by atoms with E-state index >= 15 is 0 Å². The van der Waals surface area contributed by atoms with E-state index in [-0.39, 0.29) is 0 Å². The van der Waals surface area contributed by atoms with E-state index in [0.29, 0.717) is 5.56 Å². The molecule has 0 bridgehead atoms. The monoisotopic (exact) mass is 234 g/mol. The van der Waals surface area contributed by atoms with Crippen LogP contribution in [-0.4, -0.2) is 24.2 Å². The molecule has 1 heterocycles. The molecular formula is C13H18N2O2. The van der Waals surface area contributed by atoms with Gasteiger partial charge in [-0.05, 0) is 25.3 Å². The summed E-state index contributed by atoms with van der Waals surface area (Å²) in [5, 5.41) is 9.01. The van der Waals surface area contributed by atoms with E-state index < -0.39 is 12.0 Å². The van der Waals surface area contributed by atoms with Gasteiger partial charge in [0, 0.05) is 24.3 Å².